The minimum absolute atomic E-state index is 0.0861. The lowest BCUT2D eigenvalue weighted by molar-refractivity contribution is -0.148. The summed E-state index contributed by atoms with van der Waals surface area (Å²) in [6.07, 6.45) is 1.71. The number of carbonyl (C=O) groups excluding carboxylic acids is 1. The van der Waals surface area contributed by atoms with Gasteiger partial charge in [-0.2, -0.15) is 0 Å². The van der Waals surface area contributed by atoms with Crippen LogP contribution in [-0.4, -0.2) is 77.8 Å². The van der Waals surface area contributed by atoms with Crippen molar-refractivity contribution in [2.75, 3.05) is 6.61 Å². The molecule has 0 spiro atoms. The molecule has 1 aromatic heterocycles. The van der Waals surface area contributed by atoms with Crippen LogP contribution in [-0.2, 0) is 27.6 Å². The van der Waals surface area contributed by atoms with Crippen molar-refractivity contribution < 1.29 is 37.1 Å². The van der Waals surface area contributed by atoms with E-state index in [1.54, 1.807) is 0 Å². The van der Waals surface area contributed by atoms with Crippen molar-refractivity contribution in [2.45, 2.75) is 202 Å². The number of Topliss-reactive ketones (excluding diaryl/α,β-unsaturated/α-hetero) is 1. The number of ketones is 1. The molecule has 0 saturated carbocycles. The molecule has 1 aromatic rings. The van der Waals surface area contributed by atoms with Crippen LogP contribution in [0, 0.1) is 18.3 Å². The number of hydrogen-bond acceptors (Lipinski definition) is 8. The molecule has 0 amide bonds. The summed E-state index contributed by atoms with van der Waals surface area (Å²) in [7, 11) is -7.11. The van der Waals surface area contributed by atoms with Crippen LogP contribution in [0.1, 0.15) is 127 Å². The summed E-state index contributed by atoms with van der Waals surface area (Å²) in [5.74, 6) is -2.04. The van der Waals surface area contributed by atoms with Crippen LogP contribution in [0.5, 0.6) is 0 Å². The van der Waals surface area contributed by atoms with E-state index in [0.717, 1.165) is 10.6 Å². The average Bonchev–Trinajstić information content (AvgIpc) is 3.42. The van der Waals surface area contributed by atoms with E-state index < -0.39 is 66.7 Å². The monoisotopic (exact) mass is 857 g/mol. The summed E-state index contributed by atoms with van der Waals surface area (Å²) < 4.78 is 42.7. The number of carbonyl (C=O) groups is 2. The highest BCUT2D eigenvalue weighted by Crippen LogP contribution is 2.44. The Kier molecular flexibility index (Phi) is 18.6. The summed E-state index contributed by atoms with van der Waals surface area (Å²) in [6.45, 7) is 43.8. The highest BCUT2D eigenvalue weighted by atomic mass is 32.1. The van der Waals surface area contributed by atoms with Gasteiger partial charge in [0.25, 0.3) is 0 Å². The second-order valence-corrected chi connectivity index (χ2v) is 36.3. The van der Waals surface area contributed by atoms with E-state index in [1.165, 1.54) is 17.4 Å². The van der Waals surface area contributed by atoms with Crippen LogP contribution >= 0.6 is 11.3 Å². The molecular weight excluding hydrogens is 778 g/mol. The summed E-state index contributed by atoms with van der Waals surface area (Å²) >= 11 is 1.49. The Labute approximate surface area is 348 Å². The molecular formula is C43H80FNO7SSi3. The lowest BCUT2D eigenvalue weighted by atomic mass is 9.74. The van der Waals surface area contributed by atoms with Crippen LogP contribution in [0.25, 0.3) is 6.08 Å². The smallest absolute Gasteiger partial charge is 0.305 e. The lowest BCUT2D eigenvalue weighted by Crippen LogP contribution is -2.55. The number of carboxylic acid groups (broad SMARTS) is 1. The van der Waals surface area contributed by atoms with Crippen molar-refractivity contribution in [3.05, 3.63) is 33.6 Å². The molecule has 1 heterocycles. The predicted octanol–water partition coefficient (Wildman–Crippen LogP) is 12.8. The van der Waals surface area contributed by atoms with E-state index in [9.17, 15) is 14.7 Å². The van der Waals surface area contributed by atoms with Gasteiger partial charge < -0.3 is 23.1 Å². The Bertz CT molecular complexity index is 1520. The van der Waals surface area contributed by atoms with Crippen LogP contribution < -0.4 is 0 Å². The van der Waals surface area contributed by atoms with E-state index >= 15 is 4.39 Å². The third-order valence-electron chi connectivity index (χ3n) is 12.7. The molecule has 324 valence electrons. The zero-order valence-electron chi connectivity index (χ0n) is 39.1. The molecule has 0 radical (unpaired) electrons. The molecule has 13 heteroatoms. The van der Waals surface area contributed by atoms with Gasteiger partial charge >= 0.3 is 5.97 Å². The van der Waals surface area contributed by atoms with Crippen molar-refractivity contribution >= 4 is 54.1 Å². The van der Waals surface area contributed by atoms with E-state index in [4.69, 9.17) is 18.0 Å². The van der Waals surface area contributed by atoms with Crippen LogP contribution in [0.3, 0.4) is 0 Å². The Balaban J connectivity index is 3.37. The fraction of sp³-hybridized carbons (Fsp3) is 0.791. The Morgan fingerprint density at radius 1 is 0.857 bits per heavy atom. The van der Waals surface area contributed by atoms with Gasteiger partial charge in [-0.1, -0.05) is 94.7 Å². The third kappa shape index (κ3) is 15.0. The summed E-state index contributed by atoms with van der Waals surface area (Å²) in [5, 5.41) is 12.3. The van der Waals surface area contributed by atoms with Crippen molar-refractivity contribution in [2.24, 2.45) is 11.3 Å². The fourth-order valence-electron chi connectivity index (χ4n) is 5.49. The van der Waals surface area contributed by atoms with Crippen molar-refractivity contribution in [1.82, 2.24) is 4.98 Å². The molecule has 1 N–H and O–H groups in total. The maximum Gasteiger partial charge on any atom is 0.305 e. The first-order chi connectivity index (χ1) is 25.0. The minimum atomic E-state index is -2.43. The molecule has 0 aromatic carbocycles. The van der Waals surface area contributed by atoms with Crippen molar-refractivity contribution in [1.29, 1.82) is 0 Å². The van der Waals surface area contributed by atoms with Gasteiger partial charge in [-0.3, -0.25) is 9.59 Å². The van der Waals surface area contributed by atoms with Gasteiger partial charge in [-0.05, 0) is 94.1 Å². The molecule has 0 aliphatic heterocycles. The molecule has 5 atom stereocenters. The molecule has 0 bridgehead atoms. The van der Waals surface area contributed by atoms with Gasteiger partial charge in [-0.25, -0.2) is 9.37 Å². The molecule has 0 aliphatic rings. The normalized spacial score (nSPS) is 17.4. The van der Waals surface area contributed by atoms with Gasteiger partial charge in [0, 0.05) is 16.7 Å². The number of thiazole rings is 1. The van der Waals surface area contributed by atoms with Gasteiger partial charge in [0.15, 0.2) is 25.0 Å². The molecule has 8 nitrogen and oxygen atoms in total. The first-order valence-corrected chi connectivity index (χ1v) is 29.9. The van der Waals surface area contributed by atoms with Crippen molar-refractivity contribution in [3.63, 3.8) is 0 Å². The standard InChI is InChI=1S/C43H80FNO7SSi3/c1-29(22-23-35(50-54(16,17)40(5,6)7)34(44)26-33-28-53-32(4)45-33)24-25-49-31(3)38(52-56(20,21)42(11,12)13)30(2)39(48)43(14,15)36(27-37(46)47)51-55(18,19)41(8,9)10/h22,26,28,30-31,35-36,38H,23-25,27H2,1-21H3,(H,46,47)/b29-22-,34-26+/t30-,31-,35+,36+,38+/m1/s1. The van der Waals surface area contributed by atoms with Crippen molar-refractivity contribution in [3.8, 4) is 0 Å². The summed E-state index contributed by atoms with van der Waals surface area (Å²) in [6, 6.07) is 0. The second kappa shape index (κ2) is 19.8. The summed E-state index contributed by atoms with van der Waals surface area (Å²) in [5.41, 5.74) is 0.541. The quantitative estimate of drug-likeness (QED) is 0.0963. The SMILES string of the molecule is C/C(=C/C[C@H](O[Si](C)(C)C(C)(C)C)/C(F)=C\c1csc(C)n1)CCO[C@H](C)[C@@H](O[Si](C)(C)C(C)(C)C)[C@@H](C)C(=O)C(C)(C)[C@H](CC(=O)O)O[Si](C)(C)C(C)(C)C. The van der Waals surface area contributed by atoms with Gasteiger partial charge in [0.05, 0.1) is 42.0 Å². The predicted molar refractivity (Wildman–Crippen MR) is 241 cm³/mol. The van der Waals surface area contributed by atoms with Crippen LogP contribution in [0.2, 0.25) is 54.4 Å². The van der Waals surface area contributed by atoms with Crippen LogP contribution in [0.15, 0.2) is 22.9 Å². The zero-order chi connectivity index (χ0) is 44.0. The average molecular weight is 858 g/mol. The van der Waals surface area contributed by atoms with Gasteiger partial charge in [-0.15, -0.1) is 11.3 Å². The summed E-state index contributed by atoms with van der Waals surface area (Å²) in [4.78, 5) is 31.2. The molecule has 56 heavy (non-hydrogen) atoms. The maximum atomic E-state index is 15.9. The van der Waals surface area contributed by atoms with E-state index in [2.05, 4.69) is 107 Å². The zero-order valence-corrected chi connectivity index (χ0v) is 42.9. The number of rotatable bonds is 21. The molecule has 1 rings (SSSR count). The Morgan fingerprint density at radius 2 is 1.34 bits per heavy atom. The van der Waals surface area contributed by atoms with E-state index in [-0.39, 0.29) is 33.1 Å². The number of halogens is 1. The number of hydrogen-bond donors (Lipinski definition) is 1. The number of aromatic nitrogens is 1. The van der Waals surface area contributed by atoms with Gasteiger partial charge in [0.2, 0.25) is 0 Å². The fourth-order valence-corrected chi connectivity index (χ4v) is 10.2. The molecule has 0 aliphatic carbocycles. The number of aliphatic carboxylic acids is 1. The molecule has 0 fully saturated rings. The number of aryl methyl sites for hydroxylation is 1. The Morgan fingerprint density at radius 3 is 1.79 bits per heavy atom. The molecule has 0 saturated heterocycles. The third-order valence-corrected chi connectivity index (χ3v) is 26.9. The highest BCUT2D eigenvalue weighted by molar-refractivity contribution is 7.09. The number of nitrogens with zero attached hydrogens (tertiary/aromatic N) is 1. The first-order valence-electron chi connectivity index (χ1n) is 20.3. The van der Waals surface area contributed by atoms with Gasteiger partial charge in [0.1, 0.15) is 17.7 Å². The highest BCUT2D eigenvalue weighted by Gasteiger charge is 2.50. The minimum Gasteiger partial charge on any atom is -0.481 e. The Hall–Kier alpha value is -1.33. The largest absolute Gasteiger partial charge is 0.481 e. The lowest BCUT2D eigenvalue weighted by Gasteiger charge is -2.46. The first kappa shape index (κ1) is 52.7. The maximum absolute atomic E-state index is 15.9. The topological polar surface area (TPSA) is 104 Å². The molecule has 0 unspecified atom stereocenters. The number of carboxylic acids is 1. The van der Waals surface area contributed by atoms with E-state index in [0.29, 0.717) is 25.1 Å². The second-order valence-electron chi connectivity index (χ2n) is 21.0. The van der Waals surface area contributed by atoms with Crippen LogP contribution in [0.4, 0.5) is 4.39 Å². The van der Waals surface area contributed by atoms with E-state index in [1.807, 2.05) is 53.0 Å². The number of ether oxygens (including phenoxy) is 1.